The van der Waals surface area contributed by atoms with Gasteiger partial charge >= 0.3 is 0 Å². The molecule has 0 spiro atoms. The average molecular weight is 265 g/mol. The van der Waals surface area contributed by atoms with Crippen LogP contribution in [-0.4, -0.2) is 26.5 Å². The molecule has 0 saturated heterocycles. The molecule has 0 radical (unpaired) electrons. The Labute approximate surface area is 115 Å². The predicted octanol–water partition coefficient (Wildman–Crippen LogP) is 2.74. The van der Waals surface area contributed by atoms with Crippen molar-refractivity contribution < 1.29 is 14.2 Å². The molecule has 1 atom stereocenters. The zero-order chi connectivity index (χ0) is 13.7. The van der Waals surface area contributed by atoms with E-state index in [1.165, 1.54) is 12.0 Å². The monoisotopic (exact) mass is 265 g/mol. The van der Waals surface area contributed by atoms with E-state index in [2.05, 4.69) is 25.2 Å². The smallest absolute Gasteiger partial charge is 0.231 e. The van der Waals surface area contributed by atoms with Crippen LogP contribution in [0.25, 0.3) is 0 Å². The maximum atomic E-state index is 5.44. The van der Waals surface area contributed by atoms with Gasteiger partial charge in [-0.2, -0.15) is 0 Å². The summed E-state index contributed by atoms with van der Waals surface area (Å²) >= 11 is 0. The summed E-state index contributed by atoms with van der Waals surface area (Å²) in [6, 6.07) is 4.62. The number of ether oxygens (including phenoxy) is 3. The van der Waals surface area contributed by atoms with Gasteiger partial charge in [0.15, 0.2) is 11.5 Å². The molecule has 106 valence electrons. The highest BCUT2D eigenvalue weighted by Gasteiger charge is 2.20. The van der Waals surface area contributed by atoms with Crippen molar-refractivity contribution in [3.05, 3.63) is 17.7 Å². The quantitative estimate of drug-likeness (QED) is 0.823. The zero-order valence-corrected chi connectivity index (χ0v) is 12.0. The molecule has 0 amide bonds. The van der Waals surface area contributed by atoms with Crippen LogP contribution >= 0.6 is 0 Å². The summed E-state index contributed by atoms with van der Waals surface area (Å²) in [7, 11) is 1.66. The summed E-state index contributed by atoms with van der Waals surface area (Å²) in [4.78, 5) is 0. The highest BCUT2D eigenvalue weighted by atomic mass is 16.7. The van der Waals surface area contributed by atoms with Crippen LogP contribution in [0.5, 0.6) is 17.2 Å². The summed E-state index contributed by atoms with van der Waals surface area (Å²) in [6.07, 6.45) is 3.27. The summed E-state index contributed by atoms with van der Waals surface area (Å²) in [5.41, 5.74) is 1.23. The molecule has 0 bridgehead atoms. The first kappa shape index (κ1) is 14.0. The summed E-state index contributed by atoms with van der Waals surface area (Å²) in [5, 5.41) is 3.50. The lowest BCUT2D eigenvalue weighted by atomic mass is 10.0. The van der Waals surface area contributed by atoms with Gasteiger partial charge in [-0.25, -0.2) is 0 Å². The Morgan fingerprint density at radius 3 is 2.95 bits per heavy atom. The summed E-state index contributed by atoms with van der Waals surface area (Å²) < 4.78 is 16.2. The predicted molar refractivity (Wildman–Crippen MR) is 75.2 cm³/mol. The van der Waals surface area contributed by atoms with Crippen molar-refractivity contribution in [3.8, 4) is 17.2 Å². The van der Waals surface area contributed by atoms with Gasteiger partial charge in [0.2, 0.25) is 12.5 Å². The number of methoxy groups -OCH3 is 1. The molecular formula is C15H23NO3. The fourth-order valence-electron chi connectivity index (χ4n) is 2.20. The van der Waals surface area contributed by atoms with E-state index in [9.17, 15) is 0 Å². The van der Waals surface area contributed by atoms with Crippen molar-refractivity contribution in [3.63, 3.8) is 0 Å². The van der Waals surface area contributed by atoms with Crippen LogP contribution in [-0.2, 0) is 6.42 Å². The lowest BCUT2D eigenvalue weighted by Crippen LogP contribution is -2.27. The van der Waals surface area contributed by atoms with E-state index in [-0.39, 0.29) is 6.79 Å². The van der Waals surface area contributed by atoms with Crippen molar-refractivity contribution in [1.82, 2.24) is 5.32 Å². The second-order valence-electron chi connectivity index (χ2n) is 4.93. The Morgan fingerprint density at radius 1 is 1.37 bits per heavy atom. The molecule has 4 heteroatoms. The van der Waals surface area contributed by atoms with Crippen molar-refractivity contribution in [2.75, 3.05) is 20.4 Å². The number of nitrogens with one attached hydrogen (secondary N) is 1. The van der Waals surface area contributed by atoms with Gasteiger partial charge in [0, 0.05) is 6.04 Å². The van der Waals surface area contributed by atoms with E-state index in [0.717, 1.165) is 36.6 Å². The van der Waals surface area contributed by atoms with Gasteiger partial charge in [-0.3, -0.25) is 0 Å². The molecule has 0 saturated carbocycles. The highest BCUT2D eigenvalue weighted by molar-refractivity contribution is 5.55. The number of hydrogen-bond acceptors (Lipinski definition) is 4. The molecule has 1 N–H and O–H groups in total. The molecule has 0 aromatic heterocycles. The SMILES string of the molecule is CCCNC(C)CCc1cc(OC)c2c(c1)OCO2. The van der Waals surface area contributed by atoms with Gasteiger partial charge in [-0.15, -0.1) is 0 Å². The third-order valence-corrected chi connectivity index (χ3v) is 3.33. The molecule has 0 aliphatic carbocycles. The molecular weight excluding hydrogens is 242 g/mol. The molecule has 1 aromatic carbocycles. The van der Waals surface area contributed by atoms with Crippen LogP contribution in [0.2, 0.25) is 0 Å². The maximum Gasteiger partial charge on any atom is 0.231 e. The molecule has 1 unspecified atom stereocenters. The first-order valence-electron chi connectivity index (χ1n) is 6.94. The number of rotatable bonds is 7. The fraction of sp³-hybridized carbons (Fsp3) is 0.600. The third kappa shape index (κ3) is 3.53. The highest BCUT2D eigenvalue weighted by Crippen LogP contribution is 2.42. The van der Waals surface area contributed by atoms with E-state index in [0.29, 0.717) is 6.04 Å². The molecule has 1 aliphatic heterocycles. The van der Waals surface area contributed by atoms with Crippen molar-refractivity contribution in [2.45, 2.75) is 39.2 Å². The minimum absolute atomic E-state index is 0.281. The number of aryl methyl sites for hydroxylation is 1. The van der Waals surface area contributed by atoms with Gasteiger partial charge < -0.3 is 19.5 Å². The van der Waals surface area contributed by atoms with Gasteiger partial charge in [0.25, 0.3) is 0 Å². The number of hydrogen-bond donors (Lipinski definition) is 1. The third-order valence-electron chi connectivity index (χ3n) is 3.33. The topological polar surface area (TPSA) is 39.7 Å². The minimum atomic E-state index is 0.281. The van der Waals surface area contributed by atoms with Gasteiger partial charge in [0.1, 0.15) is 0 Å². The van der Waals surface area contributed by atoms with E-state index in [1.54, 1.807) is 7.11 Å². The normalized spacial score (nSPS) is 14.5. The summed E-state index contributed by atoms with van der Waals surface area (Å²) in [6.45, 7) is 5.76. The second kappa shape index (κ2) is 6.66. The van der Waals surface area contributed by atoms with Crippen molar-refractivity contribution in [1.29, 1.82) is 0 Å². The molecule has 1 heterocycles. The fourth-order valence-corrected chi connectivity index (χ4v) is 2.20. The van der Waals surface area contributed by atoms with Crippen LogP contribution in [0.15, 0.2) is 12.1 Å². The Bertz CT molecular complexity index is 420. The average Bonchev–Trinajstić information content (AvgIpc) is 2.90. The number of fused-ring (bicyclic) bond motifs is 1. The lowest BCUT2D eigenvalue weighted by molar-refractivity contribution is 0.171. The van der Waals surface area contributed by atoms with E-state index in [1.807, 2.05) is 6.07 Å². The molecule has 1 aliphatic rings. The Hall–Kier alpha value is -1.42. The molecule has 0 fully saturated rings. The zero-order valence-electron chi connectivity index (χ0n) is 12.0. The van der Waals surface area contributed by atoms with Crippen LogP contribution in [0.3, 0.4) is 0 Å². The molecule has 2 rings (SSSR count). The second-order valence-corrected chi connectivity index (χ2v) is 4.93. The largest absolute Gasteiger partial charge is 0.493 e. The van der Waals surface area contributed by atoms with E-state index in [4.69, 9.17) is 14.2 Å². The Kier molecular flexibility index (Phi) is 4.91. The first-order valence-corrected chi connectivity index (χ1v) is 6.94. The van der Waals surface area contributed by atoms with E-state index >= 15 is 0 Å². The first-order chi connectivity index (χ1) is 9.24. The van der Waals surface area contributed by atoms with Crippen LogP contribution in [0.1, 0.15) is 32.3 Å². The maximum absolute atomic E-state index is 5.44. The number of benzene rings is 1. The molecule has 19 heavy (non-hydrogen) atoms. The van der Waals surface area contributed by atoms with Crippen LogP contribution in [0, 0.1) is 0 Å². The Balaban J connectivity index is 1.97. The van der Waals surface area contributed by atoms with Gasteiger partial charge in [0.05, 0.1) is 7.11 Å². The van der Waals surface area contributed by atoms with Gasteiger partial charge in [-0.05, 0) is 50.4 Å². The standard InChI is InChI=1S/C15H23NO3/c1-4-7-16-11(2)5-6-12-8-13(17-3)15-14(9-12)18-10-19-15/h8-9,11,16H,4-7,10H2,1-3H3. The van der Waals surface area contributed by atoms with E-state index < -0.39 is 0 Å². The van der Waals surface area contributed by atoms with Gasteiger partial charge in [-0.1, -0.05) is 6.92 Å². The molecule has 1 aromatic rings. The minimum Gasteiger partial charge on any atom is -0.493 e. The van der Waals surface area contributed by atoms with Crippen molar-refractivity contribution >= 4 is 0 Å². The van der Waals surface area contributed by atoms with Crippen LogP contribution in [0.4, 0.5) is 0 Å². The Morgan fingerprint density at radius 2 is 2.21 bits per heavy atom. The van der Waals surface area contributed by atoms with Crippen LogP contribution < -0.4 is 19.5 Å². The summed E-state index contributed by atoms with van der Waals surface area (Å²) in [5.74, 6) is 2.28. The molecule has 4 nitrogen and oxygen atoms in total. The lowest BCUT2D eigenvalue weighted by Gasteiger charge is -2.13. The van der Waals surface area contributed by atoms with Crippen molar-refractivity contribution in [2.24, 2.45) is 0 Å².